The number of hydrogen-bond acceptors (Lipinski definition) is 5. The van der Waals surface area contributed by atoms with Crippen molar-refractivity contribution >= 4 is 5.91 Å². The predicted molar refractivity (Wildman–Crippen MR) is 95.8 cm³/mol. The summed E-state index contributed by atoms with van der Waals surface area (Å²) in [5, 5.41) is 7.25. The fourth-order valence-corrected chi connectivity index (χ4v) is 2.74. The largest absolute Gasteiger partial charge is 0.484 e. The number of oxazole rings is 1. The molecule has 0 spiro atoms. The standard InChI is InChI=1S/C19H21FN4O3/c1-4-24-13(3)16(12(2)23-24)9-21-19(25)17-10-27-18(22-17)11-26-15-7-5-6-14(20)8-15/h5-8,10H,4,9,11H2,1-3H3,(H,21,25). The van der Waals surface area contributed by atoms with Gasteiger partial charge in [0.2, 0.25) is 5.89 Å². The van der Waals surface area contributed by atoms with Gasteiger partial charge in [0.25, 0.3) is 5.91 Å². The van der Waals surface area contributed by atoms with E-state index in [4.69, 9.17) is 9.15 Å². The molecule has 0 aliphatic carbocycles. The van der Waals surface area contributed by atoms with Gasteiger partial charge in [-0.15, -0.1) is 0 Å². The average Bonchev–Trinajstić information content (AvgIpc) is 3.23. The molecule has 0 unspecified atom stereocenters. The van der Waals surface area contributed by atoms with E-state index < -0.39 is 5.82 Å². The topological polar surface area (TPSA) is 82.2 Å². The summed E-state index contributed by atoms with van der Waals surface area (Å²) < 4.78 is 25.7. The lowest BCUT2D eigenvalue weighted by molar-refractivity contribution is 0.0945. The normalized spacial score (nSPS) is 10.8. The fraction of sp³-hybridized carbons (Fsp3) is 0.316. The van der Waals surface area contributed by atoms with Gasteiger partial charge in [-0.05, 0) is 32.9 Å². The molecule has 1 N–H and O–H groups in total. The molecule has 0 atom stereocenters. The molecule has 3 rings (SSSR count). The number of carbonyl (C=O) groups excluding carboxylic acids is 1. The van der Waals surface area contributed by atoms with Crippen molar-refractivity contribution in [3.63, 3.8) is 0 Å². The molecule has 0 aliphatic heterocycles. The highest BCUT2D eigenvalue weighted by atomic mass is 19.1. The van der Waals surface area contributed by atoms with E-state index in [1.54, 1.807) is 12.1 Å². The zero-order valence-electron chi connectivity index (χ0n) is 15.5. The highest BCUT2D eigenvalue weighted by molar-refractivity contribution is 5.91. The number of halogens is 1. The van der Waals surface area contributed by atoms with Crippen LogP contribution >= 0.6 is 0 Å². The van der Waals surface area contributed by atoms with Gasteiger partial charge < -0.3 is 14.5 Å². The SMILES string of the molecule is CCn1nc(C)c(CNC(=O)c2coc(COc3cccc(F)c3)n2)c1C. The van der Waals surface area contributed by atoms with Gasteiger partial charge in [0, 0.05) is 30.4 Å². The van der Waals surface area contributed by atoms with Crippen molar-refractivity contribution in [2.75, 3.05) is 0 Å². The van der Waals surface area contributed by atoms with E-state index in [2.05, 4.69) is 15.4 Å². The van der Waals surface area contributed by atoms with Crippen molar-refractivity contribution in [1.82, 2.24) is 20.1 Å². The van der Waals surface area contributed by atoms with Gasteiger partial charge in [-0.3, -0.25) is 9.48 Å². The van der Waals surface area contributed by atoms with E-state index in [0.717, 1.165) is 23.5 Å². The van der Waals surface area contributed by atoms with Gasteiger partial charge >= 0.3 is 0 Å². The molecule has 2 aromatic heterocycles. The van der Waals surface area contributed by atoms with Crippen LogP contribution in [0.2, 0.25) is 0 Å². The van der Waals surface area contributed by atoms with Crippen LogP contribution in [-0.2, 0) is 19.7 Å². The summed E-state index contributed by atoms with van der Waals surface area (Å²) in [4.78, 5) is 16.4. The van der Waals surface area contributed by atoms with E-state index in [1.165, 1.54) is 18.4 Å². The Morgan fingerprint density at radius 2 is 2.19 bits per heavy atom. The van der Waals surface area contributed by atoms with Crippen molar-refractivity contribution < 1.29 is 18.3 Å². The Bertz CT molecular complexity index is 948. The number of benzene rings is 1. The van der Waals surface area contributed by atoms with Crippen molar-refractivity contribution in [3.8, 4) is 5.75 Å². The van der Waals surface area contributed by atoms with Crippen LogP contribution in [0.3, 0.4) is 0 Å². The maximum Gasteiger partial charge on any atom is 0.273 e. The van der Waals surface area contributed by atoms with Crippen LogP contribution in [0.1, 0.15) is 40.3 Å². The Hall–Kier alpha value is -3.16. The van der Waals surface area contributed by atoms with E-state index in [9.17, 15) is 9.18 Å². The molecule has 0 aliphatic rings. The van der Waals surface area contributed by atoms with E-state index >= 15 is 0 Å². The quantitative estimate of drug-likeness (QED) is 0.689. The lowest BCUT2D eigenvalue weighted by Gasteiger charge is -2.04. The first-order valence-electron chi connectivity index (χ1n) is 8.61. The molecule has 1 amide bonds. The first kappa shape index (κ1) is 18.6. The predicted octanol–water partition coefficient (Wildman–Crippen LogP) is 3.16. The summed E-state index contributed by atoms with van der Waals surface area (Å²) in [6.45, 7) is 7.04. The number of carbonyl (C=O) groups is 1. The Labute approximate surface area is 156 Å². The Morgan fingerprint density at radius 1 is 1.37 bits per heavy atom. The second-order valence-corrected chi connectivity index (χ2v) is 6.02. The zero-order valence-corrected chi connectivity index (χ0v) is 15.5. The summed E-state index contributed by atoms with van der Waals surface area (Å²) in [6, 6.07) is 5.76. The lowest BCUT2D eigenvalue weighted by Crippen LogP contribution is -2.23. The lowest BCUT2D eigenvalue weighted by atomic mass is 10.2. The first-order valence-corrected chi connectivity index (χ1v) is 8.61. The summed E-state index contributed by atoms with van der Waals surface area (Å²) in [5.74, 6) is -0.149. The maximum absolute atomic E-state index is 13.1. The molecule has 27 heavy (non-hydrogen) atoms. The van der Waals surface area contributed by atoms with Crippen molar-refractivity contribution in [1.29, 1.82) is 0 Å². The van der Waals surface area contributed by atoms with Gasteiger partial charge in [0.15, 0.2) is 12.3 Å². The Balaban J connectivity index is 1.58. The zero-order chi connectivity index (χ0) is 19.4. The Morgan fingerprint density at radius 3 is 2.89 bits per heavy atom. The summed E-state index contributed by atoms with van der Waals surface area (Å²) in [7, 11) is 0. The van der Waals surface area contributed by atoms with Gasteiger partial charge in [-0.1, -0.05) is 6.07 Å². The molecule has 7 nitrogen and oxygen atoms in total. The van der Waals surface area contributed by atoms with Crippen LogP contribution < -0.4 is 10.1 Å². The maximum atomic E-state index is 13.1. The van der Waals surface area contributed by atoms with Crippen LogP contribution in [-0.4, -0.2) is 20.7 Å². The number of rotatable bonds is 7. The summed E-state index contributed by atoms with van der Waals surface area (Å²) in [5.41, 5.74) is 3.06. The van der Waals surface area contributed by atoms with E-state index in [0.29, 0.717) is 12.3 Å². The van der Waals surface area contributed by atoms with Gasteiger partial charge in [0.1, 0.15) is 17.8 Å². The minimum absolute atomic E-state index is 0.00177. The highest BCUT2D eigenvalue weighted by Gasteiger charge is 2.15. The number of ether oxygens (including phenoxy) is 1. The minimum Gasteiger partial charge on any atom is -0.484 e. The molecule has 0 bridgehead atoms. The number of nitrogens with zero attached hydrogens (tertiary/aromatic N) is 3. The molecule has 0 saturated heterocycles. The molecule has 2 heterocycles. The summed E-state index contributed by atoms with van der Waals surface area (Å²) >= 11 is 0. The van der Waals surface area contributed by atoms with Gasteiger partial charge in [-0.2, -0.15) is 5.10 Å². The molecule has 0 fully saturated rings. The number of amides is 1. The van der Waals surface area contributed by atoms with E-state index in [-0.39, 0.29) is 24.1 Å². The second-order valence-electron chi connectivity index (χ2n) is 6.02. The third-order valence-corrected chi connectivity index (χ3v) is 4.20. The highest BCUT2D eigenvalue weighted by Crippen LogP contribution is 2.15. The number of hydrogen-bond donors (Lipinski definition) is 1. The number of aromatic nitrogens is 3. The molecular formula is C19H21FN4O3. The van der Waals surface area contributed by atoms with Crippen molar-refractivity contribution in [2.24, 2.45) is 0 Å². The monoisotopic (exact) mass is 372 g/mol. The fourth-order valence-electron chi connectivity index (χ4n) is 2.74. The van der Waals surface area contributed by atoms with Gasteiger partial charge in [0.05, 0.1) is 5.69 Å². The average molecular weight is 372 g/mol. The molecule has 142 valence electrons. The molecule has 8 heteroatoms. The van der Waals surface area contributed by atoms with E-state index in [1.807, 2.05) is 25.5 Å². The number of nitrogens with one attached hydrogen (secondary N) is 1. The first-order chi connectivity index (χ1) is 13.0. The van der Waals surface area contributed by atoms with Crippen molar-refractivity contribution in [2.45, 2.75) is 40.5 Å². The molecule has 1 aromatic carbocycles. The minimum atomic E-state index is -0.392. The molecular weight excluding hydrogens is 351 g/mol. The summed E-state index contributed by atoms with van der Waals surface area (Å²) in [6.07, 6.45) is 1.27. The van der Waals surface area contributed by atoms with Crippen LogP contribution in [0, 0.1) is 19.7 Å². The van der Waals surface area contributed by atoms with Crippen LogP contribution in [0.25, 0.3) is 0 Å². The van der Waals surface area contributed by atoms with Crippen molar-refractivity contribution in [3.05, 3.63) is 64.9 Å². The van der Waals surface area contributed by atoms with Gasteiger partial charge in [-0.25, -0.2) is 9.37 Å². The van der Waals surface area contributed by atoms with Crippen LogP contribution in [0.5, 0.6) is 5.75 Å². The second kappa shape index (κ2) is 8.03. The van der Waals surface area contributed by atoms with Crippen LogP contribution in [0.4, 0.5) is 4.39 Å². The molecule has 0 radical (unpaired) electrons. The smallest absolute Gasteiger partial charge is 0.273 e. The molecule has 3 aromatic rings. The molecule has 0 saturated carbocycles. The number of aryl methyl sites for hydroxylation is 2. The third-order valence-electron chi connectivity index (χ3n) is 4.20. The Kier molecular flexibility index (Phi) is 5.54. The van der Waals surface area contributed by atoms with Crippen LogP contribution in [0.15, 0.2) is 34.9 Å². The third kappa shape index (κ3) is 4.33.